The maximum atomic E-state index is 12.7. The lowest BCUT2D eigenvalue weighted by molar-refractivity contribution is -0.118. The van der Waals surface area contributed by atoms with Gasteiger partial charge in [0.15, 0.2) is 11.7 Å². The van der Waals surface area contributed by atoms with E-state index in [1.54, 1.807) is 24.3 Å². The molecule has 1 aliphatic rings. The Morgan fingerprint density at radius 2 is 1.84 bits per heavy atom. The van der Waals surface area contributed by atoms with E-state index in [1.165, 1.54) is 15.6 Å². The number of nitrogens with one attached hydrogen (secondary N) is 1. The molecule has 168 valence electrons. The van der Waals surface area contributed by atoms with Crippen LogP contribution in [0.25, 0.3) is 11.3 Å². The summed E-state index contributed by atoms with van der Waals surface area (Å²) in [5.74, 6) is 0.391. The van der Waals surface area contributed by atoms with E-state index in [4.69, 9.17) is 4.74 Å². The molecular weight excluding hydrogens is 446 g/mol. The van der Waals surface area contributed by atoms with Crippen molar-refractivity contribution in [1.29, 1.82) is 0 Å². The molecule has 3 aromatic rings. The molecule has 0 aliphatic carbocycles. The van der Waals surface area contributed by atoms with Crippen molar-refractivity contribution in [3.05, 3.63) is 59.0 Å². The molecule has 9 heteroatoms. The molecule has 0 radical (unpaired) electrons. The topological polar surface area (TPSA) is 88.6 Å². The fraction of sp³-hybridized carbons (Fsp3) is 0.304. The number of benzene rings is 2. The number of ether oxygens (including phenoxy) is 1. The highest BCUT2D eigenvalue weighted by molar-refractivity contribution is 7.89. The van der Waals surface area contributed by atoms with Crippen molar-refractivity contribution in [1.82, 2.24) is 9.29 Å². The molecular formula is C23H25N3O4S2. The number of hydrogen-bond acceptors (Lipinski definition) is 6. The van der Waals surface area contributed by atoms with E-state index in [-0.39, 0.29) is 17.4 Å². The summed E-state index contributed by atoms with van der Waals surface area (Å²) >= 11 is 1.31. The van der Waals surface area contributed by atoms with Crippen LogP contribution in [-0.4, -0.2) is 43.3 Å². The van der Waals surface area contributed by atoms with E-state index >= 15 is 0 Å². The maximum Gasteiger partial charge on any atom is 0.264 e. The summed E-state index contributed by atoms with van der Waals surface area (Å²) in [4.78, 5) is 17.0. The smallest absolute Gasteiger partial charge is 0.264 e. The van der Waals surface area contributed by atoms with Gasteiger partial charge in [0.05, 0.1) is 10.6 Å². The Labute approximate surface area is 192 Å². The molecule has 32 heavy (non-hydrogen) atoms. The summed E-state index contributed by atoms with van der Waals surface area (Å²) in [5.41, 5.74) is 3.57. The predicted octanol–water partition coefficient (Wildman–Crippen LogP) is 4.23. The van der Waals surface area contributed by atoms with Crippen molar-refractivity contribution in [2.24, 2.45) is 0 Å². The van der Waals surface area contributed by atoms with E-state index in [2.05, 4.69) is 10.3 Å². The number of aromatic nitrogens is 1. The van der Waals surface area contributed by atoms with Gasteiger partial charge in [-0.2, -0.15) is 4.31 Å². The first-order chi connectivity index (χ1) is 15.3. The van der Waals surface area contributed by atoms with Gasteiger partial charge in [-0.1, -0.05) is 24.3 Å². The predicted molar refractivity (Wildman–Crippen MR) is 126 cm³/mol. The molecule has 1 saturated heterocycles. The summed E-state index contributed by atoms with van der Waals surface area (Å²) < 4.78 is 32.5. The van der Waals surface area contributed by atoms with Gasteiger partial charge in [0.1, 0.15) is 5.75 Å². The first-order valence-corrected chi connectivity index (χ1v) is 12.7. The second-order valence-corrected chi connectivity index (χ2v) is 10.5. The van der Waals surface area contributed by atoms with E-state index < -0.39 is 10.0 Å². The Morgan fingerprint density at radius 1 is 1.12 bits per heavy atom. The summed E-state index contributed by atoms with van der Waals surface area (Å²) in [6, 6.07) is 12.4. The number of sulfonamides is 1. The number of hydrogen-bond donors (Lipinski definition) is 1. The Hall–Kier alpha value is -2.75. The minimum Gasteiger partial charge on any atom is -0.483 e. The van der Waals surface area contributed by atoms with Crippen molar-refractivity contribution >= 4 is 32.4 Å². The molecule has 0 unspecified atom stereocenters. The zero-order valence-corrected chi connectivity index (χ0v) is 19.6. The number of nitrogens with zero attached hydrogens (tertiary/aromatic N) is 2. The van der Waals surface area contributed by atoms with Gasteiger partial charge in [-0.25, -0.2) is 13.4 Å². The minimum atomic E-state index is -3.44. The van der Waals surface area contributed by atoms with Crippen LogP contribution in [0.3, 0.4) is 0 Å². The Balaban J connectivity index is 1.38. The van der Waals surface area contributed by atoms with Crippen LogP contribution in [0, 0.1) is 13.8 Å². The quantitative estimate of drug-likeness (QED) is 0.557. The average Bonchev–Trinajstić information content (AvgIpc) is 3.48. The second kappa shape index (κ2) is 9.40. The molecule has 1 fully saturated rings. The van der Waals surface area contributed by atoms with E-state index in [0.29, 0.717) is 29.7 Å². The van der Waals surface area contributed by atoms with Crippen molar-refractivity contribution in [3.63, 3.8) is 0 Å². The second-order valence-electron chi connectivity index (χ2n) is 7.71. The van der Waals surface area contributed by atoms with Gasteiger partial charge in [-0.15, -0.1) is 11.3 Å². The molecule has 1 aliphatic heterocycles. The van der Waals surface area contributed by atoms with Crippen LogP contribution in [0.2, 0.25) is 0 Å². The van der Waals surface area contributed by atoms with E-state index in [1.807, 2.05) is 37.4 Å². The first kappa shape index (κ1) is 22.4. The first-order valence-electron chi connectivity index (χ1n) is 10.4. The highest BCUT2D eigenvalue weighted by Crippen LogP contribution is 2.28. The summed E-state index contributed by atoms with van der Waals surface area (Å²) in [5, 5.41) is 5.04. The van der Waals surface area contributed by atoms with Crippen LogP contribution in [0.4, 0.5) is 5.13 Å². The monoisotopic (exact) mass is 471 g/mol. The SMILES string of the molecule is Cc1cccc(OCC(=O)Nc2nc(-c3ccc(S(=O)(=O)N4CCCC4)cc3)cs2)c1C. The highest BCUT2D eigenvalue weighted by Gasteiger charge is 2.27. The van der Waals surface area contributed by atoms with Crippen LogP contribution in [0.15, 0.2) is 52.7 Å². The van der Waals surface area contributed by atoms with Gasteiger partial charge in [-0.05, 0) is 56.0 Å². The van der Waals surface area contributed by atoms with Crippen LogP contribution >= 0.6 is 11.3 Å². The lowest BCUT2D eigenvalue weighted by atomic mass is 10.1. The highest BCUT2D eigenvalue weighted by atomic mass is 32.2. The Bertz CT molecular complexity index is 1210. The number of thiazole rings is 1. The van der Waals surface area contributed by atoms with Crippen molar-refractivity contribution in [2.45, 2.75) is 31.6 Å². The fourth-order valence-electron chi connectivity index (χ4n) is 3.52. The van der Waals surface area contributed by atoms with Gasteiger partial charge >= 0.3 is 0 Å². The molecule has 0 saturated carbocycles. The molecule has 4 rings (SSSR count). The fourth-order valence-corrected chi connectivity index (χ4v) is 5.77. The van der Waals surface area contributed by atoms with Crippen LogP contribution in [0.5, 0.6) is 5.75 Å². The lowest BCUT2D eigenvalue weighted by Gasteiger charge is -2.15. The van der Waals surface area contributed by atoms with Crippen LogP contribution in [0.1, 0.15) is 24.0 Å². The van der Waals surface area contributed by atoms with E-state index in [9.17, 15) is 13.2 Å². The molecule has 2 heterocycles. The van der Waals surface area contributed by atoms with Gasteiger partial charge < -0.3 is 4.74 Å². The number of anilines is 1. The van der Waals surface area contributed by atoms with Gasteiger partial charge in [0.25, 0.3) is 5.91 Å². The van der Waals surface area contributed by atoms with Crippen LogP contribution in [-0.2, 0) is 14.8 Å². The van der Waals surface area contributed by atoms with E-state index in [0.717, 1.165) is 29.5 Å². The zero-order valence-electron chi connectivity index (χ0n) is 18.0. The molecule has 1 aromatic heterocycles. The Morgan fingerprint density at radius 3 is 2.56 bits per heavy atom. The molecule has 0 spiro atoms. The molecule has 0 bridgehead atoms. The molecule has 2 aromatic carbocycles. The van der Waals surface area contributed by atoms with Crippen molar-refractivity contribution < 1.29 is 17.9 Å². The molecule has 7 nitrogen and oxygen atoms in total. The number of carbonyl (C=O) groups is 1. The molecule has 1 N–H and O–H groups in total. The molecule has 0 atom stereocenters. The molecule has 1 amide bonds. The average molecular weight is 472 g/mol. The summed E-state index contributed by atoms with van der Waals surface area (Å²) in [6.45, 7) is 4.99. The summed E-state index contributed by atoms with van der Waals surface area (Å²) in [6.07, 6.45) is 1.81. The third kappa shape index (κ3) is 4.85. The van der Waals surface area contributed by atoms with Gasteiger partial charge in [-0.3, -0.25) is 10.1 Å². The number of rotatable bonds is 7. The van der Waals surface area contributed by atoms with Crippen molar-refractivity contribution in [2.75, 3.05) is 25.0 Å². The number of aryl methyl sites for hydroxylation is 1. The minimum absolute atomic E-state index is 0.109. The van der Waals surface area contributed by atoms with Gasteiger partial charge in [0, 0.05) is 24.0 Å². The largest absolute Gasteiger partial charge is 0.483 e. The number of carbonyl (C=O) groups excluding carboxylic acids is 1. The van der Waals surface area contributed by atoms with Crippen molar-refractivity contribution in [3.8, 4) is 17.0 Å². The third-order valence-corrected chi connectivity index (χ3v) is 8.19. The third-order valence-electron chi connectivity index (χ3n) is 5.52. The zero-order chi connectivity index (χ0) is 22.7. The lowest BCUT2D eigenvalue weighted by Crippen LogP contribution is -2.27. The Kier molecular flexibility index (Phi) is 6.59. The number of amides is 1. The van der Waals surface area contributed by atoms with Crippen LogP contribution < -0.4 is 10.1 Å². The van der Waals surface area contributed by atoms with Gasteiger partial charge in [0.2, 0.25) is 10.0 Å². The summed E-state index contributed by atoms with van der Waals surface area (Å²) in [7, 11) is -3.44. The standard InChI is InChI=1S/C23H25N3O4S2/c1-16-6-5-7-21(17(16)2)30-14-22(27)25-23-24-20(15-31-23)18-8-10-19(11-9-18)32(28,29)26-12-3-4-13-26/h5-11,15H,3-4,12-14H2,1-2H3,(H,24,25,27). The maximum absolute atomic E-state index is 12.7. The normalized spacial score (nSPS) is 14.4.